The fraction of sp³-hybridized carbons (Fsp3) is 0.0345. The lowest BCUT2D eigenvalue weighted by Crippen LogP contribution is -1.98. The first-order chi connectivity index (χ1) is 22.4. The van der Waals surface area contributed by atoms with Crippen LogP contribution in [0, 0.1) is 6.92 Å². The fourth-order valence-electron chi connectivity index (χ4n) is 4.07. The van der Waals surface area contributed by atoms with E-state index in [2.05, 4.69) is 40.1 Å². The number of aryl methyl sites for hydroxylation is 1. The maximum Gasteiger partial charge on any atom is 0.294 e. The van der Waals surface area contributed by atoms with Gasteiger partial charge >= 0.3 is 0 Å². The van der Waals surface area contributed by atoms with Gasteiger partial charge in [-0.2, -0.15) is 18.6 Å². The number of nitrogens with two attached hydrogens (primary N) is 1. The molecule has 0 aliphatic carbocycles. The van der Waals surface area contributed by atoms with Gasteiger partial charge in [-0.3, -0.25) is 4.55 Å². The smallest absolute Gasteiger partial charge is 0.294 e. The number of hydrogen-bond donors (Lipinski definition) is 6. The molecule has 0 heterocycles. The number of phenolic OH excluding ortho intramolecular Hbond substituents is 3. The minimum atomic E-state index is -4.81. The molecule has 0 aliphatic heterocycles. The van der Waals surface area contributed by atoms with Crippen molar-refractivity contribution in [1.29, 1.82) is 0 Å². The van der Waals surface area contributed by atoms with Crippen molar-refractivity contribution in [3.63, 3.8) is 0 Å². The van der Waals surface area contributed by atoms with Crippen molar-refractivity contribution in [3.05, 3.63) is 84.4 Å². The molecule has 0 aliphatic rings. The summed E-state index contributed by atoms with van der Waals surface area (Å²) in [6.07, 6.45) is 0. The Morgan fingerprint density at radius 2 is 1.30 bits per heavy atom. The summed E-state index contributed by atoms with van der Waals surface area (Å²) < 4.78 is 38.6. The van der Waals surface area contributed by atoms with E-state index in [0.717, 1.165) is 23.8 Å². The van der Waals surface area contributed by atoms with Gasteiger partial charge in [-0.05, 0) is 66.9 Å². The molecule has 0 saturated carbocycles. The Labute approximate surface area is 270 Å². The van der Waals surface area contributed by atoms with Gasteiger partial charge in [-0.1, -0.05) is 22.7 Å². The third-order valence-corrected chi connectivity index (χ3v) is 7.81. The Kier molecular flexibility index (Phi) is 9.70. The maximum atomic E-state index is 12.1. The molecule has 0 amide bonds. The Morgan fingerprint density at radius 3 is 1.91 bits per heavy atom. The normalized spacial score (nSPS) is 12.2. The number of nitrogen functional groups attached to an aromatic ring is 1. The van der Waals surface area contributed by atoms with Crippen LogP contribution < -0.4 is 5.73 Å². The minimum Gasteiger partial charge on any atom is -0.505 e. The molecule has 18 heteroatoms. The zero-order chi connectivity index (χ0) is 33.7. The van der Waals surface area contributed by atoms with Gasteiger partial charge in [0.05, 0.1) is 44.3 Å². The van der Waals surface area contributed by atoms with Crippen molar-refractivity contribution >= 4 is 72.7 Å². The second kappa shape index (κ2) is 13.9. The van der Waals surface area contributed by atoms with Gasteiger partial charge in [0.1, 0.15) is 28.6 Å². The molecule has 47 heavy (non-hydrogen) atoms. The van der Waals surface area contributed by atoms with Gasteiger partial charge in [-0.25, -0.2) is 5.26 Å². The molecule has 0 radical (unpaired) electrons. The molecule has 5 aromatic rings. The fourth-order valence-corrected chi connectivity index (χ4v) is 5.10. The van der Waals surface area contributed by atoms with Gasteiger partial charge in [0.15, 0.2) is 5.75 Å². The monoisotopic (exact) mass is 677 g/mol. The largest absolute Gasteiger partial charge is 0.505 e. The number of azo groups is 3. The number of phenols is 3. The predicted molar refractivity (Wildman–Crippen MR) is 170 cm³/mol. The lowest BCUT2D eigenvalue weighted by Gasteiger charge is -2.12. The average Bonchev–Trinajstić information content (AvgIpc) is 3.03. The first kappa shape index (κ1) is 32.9. The molecule has 0 aromatic heterocycles. The molecule has 0 atom stereocenters. The lowest BCUT2D eigenvalue weighted by atomic mass is 10.1. The number of rotatable bonds is 10. The van der Waals surface area contributed by atoms with E-state index in [-0.39, 0.29) is 38.4 Å². The van der Waals surface area contributed by atoms with Crippen LogP contribution in [-0.4, -0.2) is 33.5 Å². The second-order valence-corrected chi connectivity index (χ2v) is 11.8. The van der Waals surface area contributed by atoms with Crippen molar-refractivity contribution in [3.8, 4) is 17.2 Å². The first-order valence-corrected chi connectivity index (χ1v) is 15.3. The standard InChI is InChI=1S/C29H23N7O9S2/c1-15-2-6-18(7-3-15)31-33-21-13-22(25(38)14-24(21)37)34-35-23-12-20(47(41,42)43)10-16-11-26(46-45-44-40)28(29(39)27(16)23)36-32-19-8-4-17(30)5-9-19/h2-14,37-40H,30H2,1H3,(H,41,42,43). The predicted octanol–water partition coefficient (Wildman–Crippen LogP) is 8.77. The zero-order valence-corrected chi connectivity index (χ0v) is 25.6. The van der Waals surface area contributed by atoms with E-state index in [0.29, 0.717) is 29.1 Å². The second-order valence-electron chi connectivity index (χ2n) is 9.67. The highest BCUT2D eigenvalue weighted by Crippen LogP contribution is 2.48. The summed E-state index contributed by atoms with van der Waals surface area (Å²) in [5, 5.41) is 68.7. The van der Waals surface area contributed by atoms with Gasteiger partial charge < -0.3 is 21.1 Å². The number of fused-ring (bicyclic) bond motifs is 1. The van der Waals surface area contributed by atoms with Crippen LogP contribution in [0.2, 0.25) is 0 Å². The molecule has 7 N–H and O–H groups in total. The Hall–Kier alpha value is -5.50. The third-order valence-electron chi connectivity index (χ3n) is 6.36. The number of aromatic hydroxyl groups is 3. The topological polar surface area (TPSA) is 254 Å². The lowest BCUT2D eigenvalue weighted by molar-refractivity contribution is -0.432. The summed E-state index contributed by atoms with van der Waals surface area (Å²) in [7, 11) is -4.81. The molecule has 5 rings (SSSR count). The van der Waals surface area contributed by atoms with E-state index in [4.69, 9.17) is 11.0 Å². The molecule has 16 nitrogen and oxygen atoms in total. The van der Waals surface area contributed by atoms with Crippen LogP contribution in [0.5, 0.6) is 17.2 Å². The van der Waals surface area contributed by atoms with Crippen molar-refractivity contribution in [2.45, 2.75) is 16.7 Å². The third kappa shape index (κ3) is 7.84. The summed E-state index contributed by atoms with van der Waals surface area (Å²) >= 11 is 0.404. The molecule has 0 bridgehead atoms. The van der Waals surface area contributed by atoms with Crippen LogP contribution in [0.1, 0.15) is 5.56 Å². The van der Waals surface area contributed by atoms with Crippen LogP contribution in [0.15, 0.2) is 119 Å². The van der Waals surface area contributed by atoms with Crippen molar-refractivity contribution in [2.24, 2.45) is 30.7 Å². The summed E-state index contributed by atoms with van der Waals surface area (Å²) in [5.74, 6) is -1.51. The van der Waals surface area contributed by atoms with Gasteiger partial charge in [0.2, 0.25) is 0 Å². The highest BCUT2D eigenvalue weighted by Gasteiger charge is 2.22. The molecule has 5 aromatic carbocycles. The van der Waals surface area contributed by atoms with E-state index in [9.17, 15) is 28.3 Å². The number of nitrogens with zero attached hydrogens (tertiary/aromatic N) is 6. The van der Waals surface area contributed by atoms with E-state index in [1.807, 2.05) is 19.1 Å². The molecule has 0 fully saturated rings. The summed E-state index contributed by atoms with van der Waals surface area (Å²) in [6, 6.07) is 18.8. The van der Waals surface area contributed by atoms with E-state index >= 15 is 0 Å². The quantitative estimate of drug-likeness (QED) is 0.0203. The first-order valence-electron chi connectivity index (χ1n) is 13.1. The van der Waals surface area contributed by atoms with E-state index in [1.54, 1.807) is 36.4 Å². The van der Waals surface area contributed by atoms with Crippen molar-refractivity contribution < 1.29 is 42.9 Å². The van der Waals surface area contributed by atoms with Crippen LogP contribution >= 0.6 is 12.0 Å². The maximum absolute atomic E-state index is 12.1. The molecule has 0 spiro atoms. The molecule has 0 unspecified atom stereocenters. The summed E-state index contributed by atoms with van der Waals surface area (Å²) in [4.78, 5) is -0.620. The number of hydrogen-bond acceptors (Lipinski definition) is 16. The van der Waals surface area contributed by atoms with Crippen LogP contribution in [-0.2, 0) is 19.5 Å². The summed E-state index contributed by atoms with van der Waals surface area (Å²) in [5.41, 5.74) is 7.26. The van der Waals surface area contributed by atoms with Crippen molar-refractivity contribution in [1.82, 2.24) is 0 Å². The van der Waals surface area contributed by atoms with Gasteiger partial charge in [0.25, 0.3) is 10.1 Å². The van der Waals surface area contributed by atoms with Crippen LogP contribution in [0.4, 0.5) is 39.8 Å². The van der Waals surface area contributed by atoms with Gasteiger partial charge in [0, 0.05) is 17.8 Å². The SMILES string of the molecule is Cc1ccc(N=Nc2cc(N=Nc3cc(S(=O)(=O)O)cc4cc(SOOO)c(N=Nc5ccc(N)cc5)c(O)c34)c(O)cc2O)cc1. The number of benzene rings is 5. The molecule has 240 valence electrons. The van der Waals surface area contributed by atoms with Gasteiger partial charge in [-0.15, -0.1) is 24.8 Å². The summed E-state index contributed by atoms with van der Waals surface area (Å²) in [6.45, 7) is 1.91. The molecule has 0 saturated heterocycles. The number of anilines is 1. The Morgan fingerprint density at radius 1 is 0.723 bits per heavy atom. The van der Waals surface area contributed by atoms with Crippen LogP contribution in [0.3, 0.4) is 0 Å². The molecular weight excluding hydrogens is 654 g/mol. The minimum absolute atomic E-state index is 0.00150. The zero-order valence-electron chi connectivity index (χ0n) is 24.0. The highest BCUT2D eigenvalue weighted by molar-refractivity contribution is 7.94. The van der Waals surface area contributed by atoms with Crippen molar-refractivity contribution in [2.75, 3.05) is 5.73 Å². The molecular formula is C29H23N7O9S2. The Balaban J connectivity index is 1.64. The van der Waals surface area contributed by atoms with Crippen LogP contribution in [0.25, 0.3) is 10.8 Å². The van der Waals surface area contributed by atoms with E-state index < -0.39 is 32.3 Å². The van der Waals surface area contributed by atoms with E-state index in [1.165, 1.54) is 12.1 Å². The Bertz CT molecular complexity index is 2160. The highest BCUT2D eigenvalue weighted by atomic mass is 32.2. The average molecular weight is 678 g/mol.